The van der Waals surface area contributed by atoms with Crippen molar-refractivity contribution in [3.63, 3.8) is 0 Å². The van der Waals surface area contributed by atoms with Crippen molar-refractivity contribution in [2.24, 2.45) is 11.8 Å². The Hall–Kier alpha value is -1.34. The topological polar surface area (TPSA) is 66.1 Å². The van der Waals surface area contributed by atoms with Crippen LogP contribution in [-0.4, -0.2) is 39.6 Å². The van der Waals surface area contributed by atoms with Gasteiger partial charge in [-0.2, -0.15) is 0 Å². The molecule has 3 rings (SSSR count). The van der Waals surface area contributed by atoms with E-state index in [1.165, 1.54) is 23.1 Å². The second kappa shape index (κ2) is 8.78. The number of fused-ring (bicyclic) bond motifs is 1. The van der Waals surface area contributed by atoms with Crippen LogP contribution in [0.1, 0.15) is 50.5 Å². The minimum atomic E-state index is -0.0794. The summed E-state index contributed by atoms with van der Waals surface area (Å²) < 4.78 is 0. The maximum Gasteiger partial charge on any atom is 0.260 e. The van der Waals surface area contributed by atoms with Gasteiger partial charge in [-0.1, -0.05) is 39.0 Å². The van der Waals surface area contributed by atoms with Gasteiger partial charge in [-0.3, -0.25) is 9.59 Å². The van der Waals surface area contributed by atoms with Crippen molar-refractivity contribution in [2.45, 2.75) is 58.5 Å². The van der Waals surface area contributed by atoms with Gasteiger partial charge < -0.3 is 9.88 Å². The largest absolute Gasteiger partial charge is 0.342 e. The van der Waals surface area contributed by atoms with Crippen LogP contribution >= 0.6 is 23.1 Å². The molecule has 2 atom stereocenters. The molecule has 148 valence electrons. The Morgan fingerprint density at radius 1 is 1.48 bits per heavy atom. The van der Waals surface area contributed by atoms with Crippen molar-refractivity contribution >= 4 is 39.2 Å². The molecule has 1 aliphatic rings. The Morgan fingerprint density at radius 2 is 2.26 bits per heavy atom. The second-order valence-corrected chi connectivity index (χ2v) is 9.95. The van der Waals surface area contributed by atoms with E-state index < -0.39 is 0 Å². The molecule has 0 bridgehead atoms. The lowest BCUT2D eigenvalue weighted by Crippen LogP contribution is -2.40. The molecule has 1 N–H and O–H groups in total. The Morgan fingerprint density at radius 3 is 2.96 bits per heavy atom. The second-order valence-electron chi connectivity index (χ2n) is 7.78. The molecule has 1 amide bonds. The number of thiophene rings is 1. The van der Waals surface area contributed by atoms with Gasteiger partial charge in [0, 0.05) is 18.0 Å². The van der Waals surface area contributed by atoms with Crippen molar-refractivity contribution in [2.75, 3.05) is 18.8 Å². The van der Waals surface area contributed by atoms with E-state index in [1.54, 1.807) is 11.3 Å². The van der Waals surface area contributed by atoms with Crippen LogP contribution < -0.4 is 5.56 Å². The summed E-state index contributed by atoms with van der Waals surface area (Å²) in [6, 6.07) is 0. The first-order valence-electron chi connectivity index (χ1n) is 9.81. The van der Waals surface area contributed by atoms with Gasteiger partial charge in [0.15, 0.2) is 5.16 Å². The van der Waals surface area contributed by atoms with Gasteiger partial charge in [-0.15, -0.1) is 11.3 Å². The van der Waals surface area contributed by atoms with Crippen LogP contribution in [0.4, 0.5) is 0 Å². The number of nitrogens with one attached hydrogen (secondary N) is 1. The third-order valence-electron chi connectivity index (χ3n) is 5.43. The molecule has 0 saturated carbocycles. The molecule has 1 saturated heterocycles. The summed E-state index contributed by atoms with van der Waals surface area (Å²) in [4.78, 5) is 36.6. The van der Waals surface area contributed by atoms with Crippen molar-refractivity contribution in [3.05, 3.63) is 20.8 Å². The fourth-order valence-corrected chi connectivity index (χ4v) is 5.47. The number of hydrogen-bond donors (Lipinski definition) is 1. The summed E-state index contributed by atoms with van der Waals surface area (Å²) in [6.07, 6.45) is 4.27. The van der Waals surface area contributed by atoms with Gasteiger partial charge in [0.1, 0.15) is 4.83 Å². The molecule has 0 aromatic carbocycles. The molecule has 0 aliphatic carbocycles. The number of thioether (sulfide) groups is 1. The van der Waals surface area contributed by atoms with E-state index in [0.29, 0.717) is 22.7 Å². The van der Waals surface area contributed by atoms with Crippen molar-refractivity contribution in [3.8, 4) is 0 Å². The van der Waals surface area contributed by atoms with Crippen molar-refractivity contribution < 1.29 is 4.79 Å². The number of aromatic nitrogens is 2. The van der Waals surface area contributed by atoms with Crippen LogP contribution in [0, 0.1) is 18.8 Å². The molecular formula is C20H29N3O2S2. The first-order chi connectivity index (χ1) is 12.9. The number of hydrogen-bond acceptors (Lipinski definition) is 5. The highest BCUT2D eigenvalue weighted by molar-refractivity contribution is 7.99. The zero-order valence-corrected chi connectivity index (χ0v) is 18.3. The third kappa shape index (κ3) is 4.74. The number of nitrogens with zero attached hydrogens (tertiary/aromatic N) is 2. The summed E-state index contributed by atoms with van der Waals surface area (Å²) in [5.74, 6) is 1.57. The van der Waals surface area contributed by atoms with Gasteiger partial charge in [0.05, 0.1) is 11.1 Å². The third-order valence-corrected chi connectivity index (χ3v) is 7.33. The maximum atomic E-state index is 12.7. The normalized spacial score (nSPS) is 18.8. The predicted octanol–water partition coefficient (Wildman–Crippen LogP) is 4.23. The number of rotatable bonds is 6. The fraction of sp³-hybridized carbons (Fsp3) is 0.650. The number of H-pyrrole nitrogens is 1. The van der Waals surface area contributed by atoms with E-state index in [2.05, 4.69) is 37.7 Å². The number of aromatic amines is 1. The van der Waals surface area contributed by atoms with Crippen LogP contribution in [-0.2, 0) is 11.2 Å². The van der Waals surface area contributed by atoms with E-state index in [9.17, 15) is 9.59 Å². The van der Waals surface area contributed by atoms with Crippen LogP contribution in [0.3, 0.4) is 0 Å². The molecule has 0 radical (unpaired) electrons. The molecule has 5 nitrogen and oxygen atoms in total. The molecular weight excluding hydrogens is 378 g/mol. The lowest BCUT2D eigenvalue weighted by atomic mass is 9.98. The van der Waals surface area contributed by atoms with E-state index >= 15 is 0 Å². The Kier molecular flexibility index (Phi) is 6.63. The summed E-state index contributed by atoms with van der Waals surface area (Å²) in [5.41, 5.74) is 1.05. The maximum absolute atomic E-state index is 12.7. The number of aryl methyl sites for hydroxylation is 1. The monoisotopic (exact) mass is 407 g/mol. The van der Waals surface area contributed by atoms with Crippen LogP contribution in [0.5, 0.6) is 0 Å². The lowest BCUT2D eigenvalue weighted by Gasteiger charge is -2.30. The van der Waals surface area contributed by atoms with E-state index in [0.717, 1.165) is 48.1 Å². The highest BCUT2D eigenvalue weighted by Crippen LogP contribution is 2.30. The smallest absolute Gasteiger partial charge is 0.260 e. The lowest BCUT2D eigenvalue weighted by molar-refractivity contribution is -0.130. The first-order valence-corrected chi connectivity index (χ1v) is 11.6. The van der Waals surface area contributed by atoms with Gasteiger partial charge in [-0.25, -0.2) is 4.98 Å². The van der Waals surface area contributed by atoms with E-state index in [1.807, 2.05) is 4.90 Å². The molecule has 27 heavy (non-hydrogen) atoms. The minimum absolute atomic E-state index is 0.0794. The molecule has 2 aromatic rings. The minimum Gasteiger partial charge on any atom is -0.342 e. The van der Waals surface area contributed by atoms with E-state index in [4.69, 9.17) is 0 Å². The molecule has 0 unspecified atom stereocenters. The quantitative estimate of drug-likeness (QED) is 0.575. The molecule has 7 heteroatoms. The molecule has 0 spiro atoms. The van der Waals surface area contributed by atoms with Crippen molar-refractivity contribution in [1.29, 1.82) is 0 Å². The number of carbonyl (C=O) groups is 1. The van der Waals surface area contributed by atoms with Crippen LogP contribution in [0.25, 0.3) is 10.2 Å². The van der Waals surface area contributed by atoms with E-state index in [-0.39, 0.29) is 11.5 Å². The average Bonchev–Trinajstić information content (AvgIpc) is 2.95. The predicted molar refractivity (Wildman–Crippen MR) is 114 cm³/mol. The molecule has 3 heterocycles. The Bertz CT molecular complexity index is 874. The van der Waals surface area contributed by atoms with Gasteiger partial charge in [0.25, 0.3) is 5.56 Å². The number of amides is 1. The standard InChI is InChI=1S/C20H29N3O2S2/c1-5-12(2)9-15-14(4)27-19-17(15)18(25)21-20(22-19)26-11-16(24)23-8-6-7-13(3)10-23/h12-13H,5-11H2,1-4H3,(H,21,22,25)/t12-,13+/m1/s1. The summed E-state index contributed by atoms with van der Waals surface area (Å²) in [7, 11) is 0. The van der Waals surface area contributed by atoms with Gasteiger partial charge in [0.2, 0.25) is 5.91 Å². The summed E-state index contributed by atoms with van der Waals surface area (Å²) in [6.45, 7) is 10.3. The highest BCUT2D eigenvalue weighted by Gasteiger charge is 2.22. The highest BCUT2D eigenvalue weighted by atomic mass is 32.2. The summed E-state index contributed by atoms with van der Waals surface area (Å²) >= 11 is 2.92. The Balaban J connectivity index is 1.75. The molecule has 1 aliphatic heterocycles. The van der Waals surface area contributed by atoms with Crippen molar-refractivity contribution in [1.82, 2.24) is 14.9 Å². The SMILES string of the molecule is CC[C@@H](C)Cc1c(C)sc2nc(SCC(=O)N3CCC[C@H](C)C3)[nH]c(=O)c12. The average molecular weight is 408 g/mol. The van der Waals surface area contributed by atoms with Crippen LogP contribution in [0.2, 0.25) is 0 Å². The summed E-state index contributed by atoms with van der Waals surface area (Å²) in [5, 5.41) is 1.28. The van der Waals surface area contributed by atoms with Gasteiger partial charge >= 0.3 is 0 Å². The molecule has 2 aromatic heterocycles. The number of carbonyl (C=O) groups excluding carboxylic acids is 1. The van der Waals surface area contributed by atoms with Crippen LogP contribution in [0.15, 0.2) is 9.95 Å². The number of likely N-dealkylation sites (tertiary alicyclic amines) is 1. The number of piperidine rings is 1. The fourth-order valence-electron chi connectivity index (χ4n) is 3.60. The Labute approximate surface area is 169 Å². The zero-order valence-electron chi connectivity index (χ0n) is 16.6. The van der Waals surface area contributed by atoms with Gasteiger partial charge in [-0.05, 0) is 43.6 Å². The first kappa shape index (κ1) is 20.4. The zero-order chi connectivity index (χ0) is 19.6. The molecule has 1 fully saturated rings.